The Morgan fingerprint density at radius 3 is 2.46 bits per heavy atom. The zero-order valence-corrected chi connectivity index (χ0v) is 20.2. The van der Waals surface area contributed by atoms with Crippen molar-refractivity contribution in [3.05, 3.63) is 59.2 Å². The van der Waals surface area contributed by atoms with Gasteiger partial charge in [0.2, 0.25) is 12.0 Å². The van der Waals surface area contributed by atoms with E-state index in [1.54, 1.807) is 18.2 Å². The monoisotopic (exact) mass is 556 g/mol. The van der Waals surface area contributed by atoms with E-state index in [0.29, 0.717) is 18.1 Å². The smallest absolute Gasteiger partial charge is 0.416 e. The Hall–Kier alpha value is -3.81. The molecule has 0 spiro atoms. The number of fused-ring (bicyclic) bond motifs is 5. The van der Waals surface area contributed by atoms with Gasteiger partial charge in [-0.05, 0) is 43.7 Å². The molecule has 1 unspecified atom stereocenters. The minimum atomic E-state index is -5.04. The number of anilines is 1. The number of hydrogen-bond donors (Lipinski definition) is 1. The first kappa shape index (κ1) is 28.2. The third kappa shape index (κ3) is 5.95. The Morgan fingerprint density at radius 1 is 1.03 bits per heavy atom. The molecule has 0 aromatic carbocycles. The van der Waals surface area contributed by atoms with Crippen molar-refractivity contribution in [1.29, 1.82) is 0 Å². The summed E-state index contributed by atoms with van der Waals surface area (Å²) < 4.78 is 96.2. The quantitative estimate of drug-likeness (QED) is 0.270. The number of aromatic nitrogens is 3. The molecular formula is C25H22F6N4O4. The summed E-state index contributed by atoms with van der Waals surface area (Å²) in [5.74, 6) is -2.70. The first-order chi connectivity index (χ1) is 18.5. The van der Waals surface area contributed by atoms with E-state index in [9.17, 15) is 35.9 Å². The molecule has 4 rings (SSSR count). The fourth-order valence-electron chi connectivity index (χ4n) is 4.18. The Kier molecular flexibility index (Phi) is 8.04. The van der Waals surface area contributed by atoms with Crippen LogP contribution in [0.15, 0.2) is 46.4 Å². The number of amides is 1. The molecule has 1 N–H and O–H groups in total. The molecule has 1 amide bonds. The minimum Gasteiger partial charge on any atom is -0.416 e. The molecule has 39 heavy (non-hydrogen) atoms. The fourth-order valence-corrected chi connectivity index (χ4v) is 4.18. The molecule has 0 saturated carbocycles. The van der Waals surface area contributed by atoms with Crippen LogP contribution in [0, 0.1) is 0 Å². The highest BCUT2D eigenvalue weighted by Gasteiger charge is 2.61. The number of carbonyl (C=O) groups excluding carboxylic acids is 2. The molecule has 0 radical (unpaired) electrons. The van der Waals surface area contributed by atoms with Gasteiger partial charge < -0.3 is 14.5 Å². The number of allylic oxidation sites excluding steroid dienone is 4. The standard InChI is InChI=1S/C25H22F6N4O4/c26-24(27,28)16-12-17(32-14-36)20-21-34-35-22(39-21)23(25(29,30)31,38-13-15-8-4-3-5-9-15)11-7-2-1-6-10-18(37)19(16)33-20/h1-2,4,8-9,12,14H,3,5-7,10-11,13H2,(H,32,36)/b2-1-. The van der Waals surface area contributed by atoms with Crippen LogP contribution in [-0.4, -0.2) is 40.2 Å². The summed E-state index contributed by atoms with van der Waals surface area (Å²) in [6.45, 7) is -0.424. The molecule has 1 aliphatic heterocycles. The van der Waals surface area contributed by atoms with Crippen LogP contribution < -0.4 is 5.32 Å². The Bertz CT molecular complexity index is 1330. The second kappa shape index (κ2) is 11.1. The van der Waals surface area contributed by atoms with Gasteiger partial charge in [0.25, 0.3) is 11.8 Å². The lowest BCUT2D eigenvalue weighted by atomic mass is 9.95. The molecule has 8 nitrogen and oxygen atoms in total. The van der Waals surface area contributed by atoms with Crippen molar-refractivity contribution in [2.45, 2.75) is 56.5 Å². The predicted molar refractivity (Wildman–Crippen MR) is 124 cm³/mol. The molecule has 2 aromatic rings. The fraction of sp³-hybridized carbons (Fsp3) is 0.400. The summed E-state index contributed by atoms with van der Waals surface area (Å²) >= 11 is 0. The van der Waals surface area contributed by atoms with Crippen LogP contribution in [0.5, 0.6) is 0 Å². The lowest BCUT2D eigenvalue weighted by Crippen LogP contribution is -2.45. The summed E-state index contributed by atoms with van der Waals surface area (Å²) in [5.41, 5.74) is -6.16. The molecule has 0 fully saturated rings. The van der Waals surface area contributed by atoms with Crippen LogP contribution in [-0.2, 0) is 21.3 Å². The summed E-state index contributed by atoms with van der Waals surface area (Å²) in [4.78, 5) is 27.6. The van der Waals surface area contributed by atoms with E-state index < -0.39 is 77.6 Å². The van der Waals surface area contributed by atoms with E-state index in [0.717, 1.165) is 6.42 Å². The molecule has 2 aliphatic rings. The number of rotatable bonds is 5. The number of nitrogens with one attached hydrogen (secondary N) is 1. The highest BCUT2D eigenvalue weighted by Crippen LogP contribution is 2.47. The molecule has 14 heteroatoms. The lowest BCUT2D eigenvalue weighted by Gasteiger charge is -2.32. The summed E-state index contributed by atoms with van der Waals surface area (Å²) in [6, 6.07) is 0.449. The number of ketones is 1. The maximum Gasteiger partial charge on any atom is 0.426 e. The maximum absolute atomic E-state index is 14.7. The van der Waals surface area contributed by atoms with Gasteiger partial charge in [-0.3, -0.25) is 9.59 Å². The molecule has 208 valence electrons. The second-order valence-corrected chi connectivity index (χ2v) is 8.80. The number of halogens is 6. The lowest BCUT2D eigenvalue weighted by molar-refractivity contribution is -0.292. The van der Waals surface area contributed by atoms with Gasteiger partial charge in [-0.2, -0.15) is 26.3 Å². The van der Waals surface area contributed by atoms with Gasteiger partial charge in [0.1, 0.15) is 5.69 Å². The third-order valence-corrected chi connectivity index (χ3v) is 6.16. The van der Waals surface area contributed by atoms with E-state index >= 15 is 0 Å². The minimum absolute atomic E-state index is 0.0388. The number of nitrogens with zero attached hydrogens (tertiary/aromatic N) is 3. The number of hydrogen-bond acceptors (Lipinski definition) is 7. The second-order valence-electron chi connectivity index (χ2n) is 8.80. The first-order valence-corrected chi connectivity index (χ1v) is 11.9. The summed E-state index contributed by atoms with van der Waals surface area (Å²) in [5, 5.41) is 9.15. The van der Waals surface area contributed by atoms with Crippen molar-refractivity contribution >= 4 is 17.9 Å². The summed E-state index contributed by atoms with van der Waals surface area (Å²) in [6.07, 6.45) is -1.98. The molecule has 0 saturated heterocycles. The first-order valence-electron chi connectivity index (χ1n) is 11.9. The third-order valence-electron chi connectivity index (χ3n) is 6.16. The van der Waals surface area contributed by atoms with Crippen LogP contribution in [0.1, 0.15) is 60.5 Å². The normalized spacial score (nSPS) is 21.2. The maximum atomic E-state index is 14.7. The van der Waals surface area contributed by atoms with Crippen LogP contribution in [0.4, 0.5) is 32.0 Å². The Labute approximate surface area is 217 Å². The number of ether oxygens (including phenoxy) is 1. The van der Waals surface area contributed by atoms with Gasteiger partial charge >= 0.3 is 12.4 Å². The summed E-state index contributed by atoms with van der Waals surface area (Å²) in [7, 11) is 0. The molecule has 3 heterocycles. The molecule has 4 bridgehead atoms. The van der Waals surface area contributed by atoms with Gasteiger partial charge in [0.15, 0.2) is 11.5 Å². The number of carbonyl (C=O) groups is 2. The molecule has 2 aromatic heterocycles. The van der Waals surface area contributed by atoms with Gasteiger partial charge in [-0.1, -0.05) is 30.4 Å². The number of pyridine rings is 1. The predicted octanol–water partition coefficient (Wildman–Crippen LogP) is 6.08. The van der Waals surface area contributed by atoms with Crippen molar-refractivity contribution in [3.8, 4) is 11.6 Å². The Balaban J connectivity index is 1.89. The van der Waals surface area contributed by atoms with E-state index in [4.69, 9.17) is 9.15 Å². The highest BCUT2D eigenvalue weighted by atomic mass is 19.4. The number of Topliss-reactive ketones (excluding diaryl/α,β-unsaturated/α-hetero) is 1. The van der Waals surface area contributed by atoms with Crippen LogP contribution in [0.2, 0.25) is 0 Å². The van der Waals surface area contributed by atoms with Crippen molar-refractivity contribution in [2.24, 2.45) is 0 Å². The zero-order chi connectivity index (χ0) is 28.3. The SMILES string of the molecule is O=CNc1cc(C(F)(F)F)c2nc1-c1nnc(o1)C(OCC1=CCCC=C1)(C(F)(F)F)CC/C=C\CCC2=O. The van der Waals surface area contributed by atoms with E-state index in [-0.39, 0.29) is 19.3 Å². The van der Waals surface area contributed by atoms with E-state index in [1.165, 1.54) is 12.2 Å². The topological polar surface area (TPSA) is 107 Å². The zero-order valence-electron chi connectivity index (χ0n) is 20.2. The molecule has 1 atom stereocenters. The van der Waals surface area contributed by atoms with Crippen molar-refractivity contribution in [1.82, 2.24) is 15.2 Å². The largest absolute Gasteiger partial charge is 0.426 e. The number of alkyl halides is 6. The van der Waals surface area contributed by atoms with Gasteiger partial charge in [-0.15, -0.1) is 10.2 Å². The van der Waals surface area contributed by atoms with Crippen LogP contribution >= 0.6 is 0 Å². The van der Waals surface area contributed by atoms with Crippen molar-refractivity contribution in [3.63, 3.8) is 0 Å². The molecular weight excluding hydrogens is 534 g/mol. The van der Waals surface area contributed by atoms with Gasteiger partial charge in [0, 0.05) is 6.42 Å². The molecule has 1 aliphatic carbocycles. The van der Waals surface area contributed by atoms with E-state index in [2.05, 4.69) is 15.2 Å². The van der Waals surface area contributed by atoms with Crippen LogP contribution in [0.25, 0.3) is 11.6 Å². The highest BCUT2D eigenvalue weighted by molar-refractivity contribution is 5.97. The van der Waals surface area contributed by atoms with Gasteiger partial charge in [-0.25, -0.2) is 4.98 Å². The van der Waals surface area contributed by atoms with Crippen LogP contribution in [0.3, 0.4) is 0 Å². The Morgan fingerprint density at radius 2 is 1.79 bits per heavy atom. The average Bonchev–Trinajstić information content (AvgIpc) is 3.37. The van der Waals surface area contributed by atoms with Crippen molar-refractivity contribution < 1.29 is 45.1 Å². The van der Waals surface area contributed by atoms with Gasteiger partial charge in [0.05, 0.1) is 17.9 Å². The van der Waals surface area contributed by atoms with E-state index in [1.807, 2.05) is 5.32 Å². The van der Waals surface area contributed by atoms with Crippen molar-refractivity contribution in [2.75, 3.05) is 11.9 Å². The average molecular weight is 556 g/mol.